The number of carbonyl (C=O) groups is 2. The monoisotopic (exact) mass is 442 g/mol. The molecule has 0 saturated heterocycles. The Morgan fingerprint density at radius 2 is 1.93 bits per heavy atom. The van der Waals surface area contributed by atoms with E-state index < -0.39 is 37.3 Å². The summed E-state index contributed by atoms with van der Waals surface area (Å²) in [5.41, 5.74) is -1.84. The van der Waals surface area contributed by atoms with Gasteiger partial charge in [-0.15, -0.1) is 0 Å². The van der Waals surface area contributed by atoms with Gasteiger partial charge in [0.1, 0.15) is 12.2 Å². The van der Waals surface area contributed by atoms with Crippen LogP contribution in [-0.4, -0.2) is 49.9 Å². The Kier molecular flexibility index (Phi) is 5.25. The van der Waals surface area contributed by atoms with E-state index >= 15 is 0 Å². The van der Waals surface area contributed by atoms with Crippen molar-refractivity contribution in [1.82, 2.24) is 0 Å². The van der Waals surface area contributed by atoms with Crippen molar-refractivity contribution in [3.8, 4) is 0 Å². The fourth-order valence-electron chi connectivity index (χ4n) is 7.41. The van der Waals surface area contributed by atoms with Crippen LogP contribution in [-0.2, 0) is 18.7 Å². The molecule has 9 heteroatoms. The molecule has 0 aromatic heterocycles. The van der Waals surface area contributed by atoms with Crippen molar-refractivity contribution in [1.29, 1.82) is 0 Å². The molecule has 3 saturated carbocycles. The van der Waals surface area contributed by atoms with Crippen LogP contribution in [0.5, 0.6) is 0 Å². The number of rotatable bonds is 4. The summed E-state index contributed by atoms with van der Waals surface area (Å²) >= 11 is 0. The van der Waals surface area contributed by atoms with Gasteiger partial charge in [-0.3, -0.25) is 14.1 Å². The van der Waals surface area contributed by atoms with Gasteiger partial charge in [-0.2, -0.15) is 0 Å². The number of ketones is 2. The number of carbonyl (C=O) groups excluding carboxylic acids is 2. The zero-order valence-corrected chi connectivity index (χ0v) is 18.3. The van der Waals surface area contributed by atoms with Gasteiger partial charge in [-0.25, -0.2) is 4.57 Å². The minimum absolute atomic E-state index is 0.00547. The molecular weight excluding hydrogens is 411 g/mol. The van der Waals surface area contributed by atoms with E-state index in [0.717, 1.165) is 18.4 Å². The molecule has 4 aliphatic rings. The highest BCUT2D eigenvalue weighted by atomic mass is 31.2. The van der Waals surface area contributed by atoms with E-state index in [9.17, 15) is 24.4 Å². The largest absolute Gasteiger partial charge is 0.470 e. The van der Waals surface area contributed by atoms with Crippen LogP contribution in [0.15, 0.2) is 11.6 Å². The van der Waals surface area contributed by atoms with Crippen molar-refractivity contribution in [2.24, 2.45) is 28.6 Å². The minimum Gasteiger partial charge on any atom is -0.393 e. The summed E-state index contributed by atoms with van der Waals surface area (Å²) in [6.45, 7) is 3.09. The molecule has 0 amide bonds. The second kappa shape index (κ2) is 7.06. The van der Waals surface area contributed by atoms with E-state index in [-0.39, 0.29) is 41.8 Å². The molecule has 8 nitrogen and oxygen atoms in total. The van der Waals surface area contributed by atoms with Crippen LogP contribution < -0.4 is 0 Å². The van der Waals surface area contributed by atoms with Crippen molar-refractivity contribution in [3.05, 3.63) is 11.6 Å². The van der Waals surface area contributed by atoms with Gasteiger partial charge in [-0.1, -0.05) is 19.4 Å². The van der Waals surface area contributed by atoms with E-state index in [2.05, 4.69) is 11.4 Å². The number of allylic oxidation sites excluding steroid dienone is 1. The smallest absolute Gasteiger partial charge is 0.393 e. The first-order valence-electron chi connectivity index (χ1n) is 10.7. The highest BCUT2D eigenvalue weighted by Gasteiger charge is 2.68. The van der Waals surface area contributed by atoms with Crippen LogP contribution in [0, 0.1) is 28.6 Å². The average Bonchev–Trinajstić information content (AvgIpc) is 2.91. The molecule has 168 valence electrons. The highest BCUT2D eigenvalue weighted by Crippen LogP contribution is 2.67. The fourth-order valence-corrected chi connectivity index (χ4v) is 7.70. The maximum absolute atomic E-state index is 12.8. The number of aliphatic hydroxyl groups is 2. The van der Waals surface area contributed by atoms with Crippen LogP contribution in [0.1, 0.15) is 58.8 Å². The van der Waals surface area contributed by atoms with Crippen molar-refractivity contribution in [3.63, 3.8) is 0 Å². The number of hydrogen-bond donors (Lipinski definition) is 4. The lowest BCUT2D eigenvalue weighted by atomic mass is 9.45. The van der Waals surface area contributed by atoms with E-state index in [1.165, 1.54) is 0 Å². The van der Waals surface area contributed by atoms with E-state index in [0.29, 0.717) is 19.3 Å². The van der Waals surface area contributed by atoms with Gasteiger partial charge in [0.2, 0.25) is 0 Å². The third kappa shape index (κ3) is 3.19. The maximum Gasteiger partial charge on any atom is 0.470 e. The number of aliphatic hydroxyl groups excluding tert-OH is 1. The quantitative estimate of drug-likeness (QED) is 0.484. The molecule has 4 N–H and O–H groups in total. The molecule has 0 bridgehead atoms. The second-order valence-corrected chi connectivity index (χ2v) is 11.4. The molecule has 7 atom stereocenters. The first-order valence-corrected chi connectivity index (χ1v) is 12.2. The molecule has 0 heterocycles. The molecule has 0 aromatic carbocycles. The molecule has 4 aliphatic carbocycles. The zero-order valence-electron chi connectivity index (χ0n) is 17.4. The van der Waals surface area contributed by atoms with Crippen molar-refractivity contribution < 1.29 is 38.7 Å². The first kappa shape index (κ1) is 22.3. The van der Waals surface area contributed by atoms with Gasteiger partial charge in [0.25, 0.3) is 0 Å². The minimum atomic E-state index is -4.83. The topological polar surface area (TPSA) is 141 Å². The Morgan fingerprint density at radius 3 is 2.60 bits per heavy atom. The summed E-state index contributed by atoms with van der Waals surface area (Å²) < 4.78 is 15.4. The van der Waals surface area contributed by atoms with E-state index in [1.807, 2.05) is 6.92 Å². The molecule has 0 spiro atoms. The SMILES string of the molecule is C[C@]12CCC(=O)C=C1CCC1C2C(O)C[C@@]2(C)C1CC[C@]2(O)C(=O)COP(=O)(O)O. The maximum atomic E-state index is 12.8. The predicted octanol–water partition coefficient (Wildman–Crippen LogP) is 1.90. The Hall–Kier alpha value is -0.890. The van der Waals surface area contributed by atoms with E-state index in [1.54, 1.807) is 6.08 Å². The third-order valence-corrected chi connectivity index (χ3v) is 9.34. The van der Waals surface area contributed by atoms with Gasteiger partial charge in [0.05, 0.1) is 6.10 Å². The highest BCUT2D eigenvalue weighted by molar-refractivity contribution is 7.46. The lowest BCUT2D eigenvalue weighted by molar-refractivity contribution is -0.182. The summed E-state index contributed by atoms with van der Waals surface area (Å²) in [5.74, 6) is -0.522. The van der Waals surface area contributed by atoms with Gasteiger partial charge >= 0.3 is 7.82 Å². The average molecular weight is 442 g/mol. The lowest BCUT2D eigenvalue weighted by Crippen LogP contribution is -2.62. The number of phosphoric ester groups is 1. The molecule has 0 aromatic rings. The van der Waals surface area contributed by atoms with Gasteiger partial charge in [-0.05, 0) is 67.8 Å². The summed E-state index contributed by atoms with van der Waals surface area (Å²) in [4.78, 5) is 42.6. The normalized spacial score (nSPS) is 45.9. The molecule has 30 heavy (non-hydrogen) atoms. The Bertz CT molecular complexity index is 848. The third-order valence-electron chi connectivity index (χ3n) is 8.87. The zero-order chi connectivity index (χ0) is 22.1. The van der Waals surface area contributed by atoms with Crippen LogP contribution in [0.25, 0.3) is 0 Å². The van der Waals surface area contributed by atoms with Gasteiger partial charge in [0.15, 0.2) is 11.6 Å². The van der Waals surface area contributed by atoms with Crippen molar-refractivity contribution in [2.45, 2.75) is 70.5 Å². The van der Waals surface area contributed by atoms with Crippen molar-refractivity contribution >= 4 is 19.4 Å². The Balaban J connectivity index is 1.64. The standard InChI is InChI=1S/C21H31O8P/c1-19-7-5-13(22)9-12(19)3-4-14-15-6-8-21(25,17(24)11-29-30(26,27)28)20(15,2)10-16(23)18(14)19/h9,14-16,18,23,25H,3-8,10-11H2,1-2H3,(H2,26,27,28)/t14?,15?,16?,18?,19-,20-,21-/m0/s1. The molecule has 4 rings (SSSR count). The lowest BCUT2D eigenvalue weighted by Gasteiger charge is -2.60. The summed E-state index contributed by atoms with van der Waals surface area (Å²) in [7, 11) is -4.83. The summed E-state index contributed by atoms with van der Waals surface area (Å²) in [6, 6.07) is 0. The number of fused-ring (bicyclic) bond motifs is 5. The van der Waals surface area contributed by atoms with Gasteiger partial charge in [0, 0.05) is 11.8 Å². The first-order chi connectivity index (χ1) is 13.8. The molecule has 4 unspecified atom stereocenters. The summed E-state index contributed by atoms with van der Waals surface area (Å²) in [6.07, 6.45) is 4.79. The number of hydrogen-bond acceptors (Lipinski definition) is 6. The van der Waals surface area contributed by atoms with Crippen molar-refractivity contribution in [2.75, 3.05) is 6.61 Å². The Morgan fingerprint density at radius 1 is 1.23 bits per heavy atom. The van der Waals surface area contributed by atoms with Crippen LogP contribution >= 0.6 is 7.82 Å². The predicted molar refractivity (Wildman–Crippen MR) is 106 cm³/mol. The van der Waals surface area contributed by atoms with Crippen LogP contribution in [0.2, 0.25) is 0 Å². The van der Waals surface area contributed by atoms with Gasteiger partial charge < -0.3 is 20.0 Å². The van der Waals surface area contributed by atoms with Crippen LogP contribution in [0.4, 0.5) is 0 Å². The second-order valence-electron chi connectivity index (χ2n) is 10.2. The Labute approximate surface area is 175 Å². The number of phosphoric acid groups is 1. The molecule has 3 fully saturated rings. The van der Waals surface area contributed by atoms with E-state index in [4.69, 9.17) is 9.79 Å². The molecule has 0 radical (unpaired) electrons. The molecular formula is C21H31O8P. The fraction of sp³-hybridized carbons (Fsp3) is 0.810. The summed E-state index contributed by atoms with van der Waals surface area (Å²) in [5, 5.41) is 22.7. The number of Topliss-reactive ketones (excluding diaryl/α,β-unsaturated/α-hetero) is 1. The molecule has 0 aliphatic heterocycles. The van der Waals surface area contributed by atoms with Crippen LogP contribution in [0.3, 0.4) is 0 Å².